The van der Waals surface area contributed by atoms with Crippen LogP contribution in [0.1, 0.15) is 13.3 Å². The standard InChI is InChI=1S/C22H20N2O3S/c1-16-9-11-20(12-10-16)28(25,26)24-21-15-19(27-18-7-3-2-4-8-18)14-17-6-5-13-23-22(17)21/h2-9,11-16,24H,10H2,1H3. The van der Waals surface area contributed by atoms with E-state index in [0.717, 1.165) is 5.39 Å². The van der Waals surface area contributed by atoms with Gasteiger partial charge in [0, 0.05) is 17.6 Å². The molecule has 0 saturated heterocycles. The van der Waals surface area contributed by atoms with Crippen molar-refractivity contribution in [2.75, 3.05) is 4.72 Å². The van der Waals surface area contributed by atoms with Gasteiger partial charge in [-0.25, -0.2) is 8.42 Å². The van der Waals surface area contributed by atoms with Gasteiger partial charge in [0.2, 0.25) is 0 Å². The van der Waals surface area contributed by atoms with Crippen LogP contribution in [0, 0.1) is 5.92 Å². The van der Waals surface area contributed by atoms with Crippen molar-refractivity contribution in [1.29, 1.82) is 0 Å². The first-order valence-electron chi connectivity index (χ1n) is 9.04. The first-order chi connectivity index (χ1) is 13.5. The van der Waals surface area contributed by atoms with Gasteiger partial charge >= 0.3 is 0 Å². The van der Waals surface area contributed by atoms with Crippen LogP contribution in [0.5, 0.6) is 11.5 Å². The van der Waals surface area contributed by atoms with Crippen LogP contribution in [0.3, 0.4) is 0 Å². The molecule has 0 aliphatic heterocycles. The van der Waals surface area contributed by atoms with E-state index in [1.165, 1.54) is 0 Å². The third kappa shape index (κ3) is 3.92. The Labute approximate surface area is 164 Å². The first-order valence-corrected chi connectivity index (χ1v) is 10.5. The van der Waals surface area contributed by atoms with E-state index in [2.05, 4.69) is 9.71 Å². The molecule has 1 unspecified atom stereocenters. The smallest absolute Gasteiger partial charge is 0.261 e. The van der Waals surface area contributed by atoms with E-state index in [1.807, 2.05) is 55.5 Å². The second-order valence-electron chi connectivity index (χ2n) is 6.75. The van der Waals surface area contributed by atoms with Crippen molar-refractivity contribution >= 4 is 26.6 Å². The highest BCUT2D eigenvalue weighted by Crippen LogP contribution is 2.32. The second kappa shape index (κ2) is 7.48. The molecule has 1 aromatic heterocycles. The molecule has 1 heterocycles. The summed E-state index contributed by atoms with van der Waals surface area (Å²) in [7, 11) is -3.71. The summed E-state index contributed by atoms with van der Waals surface area (Å²) in [6.45, 7) is 2.05. The molecule has 142 valence electrons. The predicted molar refractivity (Wildman–Crippen MR) is 112 cm³/mol. The fraction of sp³-hybridized carbons (Fsp3) is 0.136. The Morgan fingerprint density at radius 1 is 1.07 bits per heavy atom. The maximum Gasteiger partial charge on any atom is 0.261 e. The summed E-state index contributed by atoms with van der Waals surface area (Å²) in [4.78, 5) is 4.62. The Balaban J connectivity index is 1.72. The minimum Gasteiger partial charge on any atom is -0.457 e. The molecule has 0 saturated carbocycles. The van der Waals surface area contributed by atoms with Gasteiger partial charge < -0.3 is 4.74 Å². The van der Waals surface area contributed by atoms with Gasteiger partial charge in [0.15, 0.2) is 0 Å². The second-order valence-corrected chi connectivity index (χ2v) is 8.43. The number of pyridine rings is 1. The van der Waals surface area contributed by atoms with E-state index in [1.54, 1.807) is 30.5 Å². The van der Waals surface area contributed by atoms with Crippen molar-refractivity contribution in [2.45, 2.75) is 13.3 Å². The number of benzene rings is 2. The van der Waals surface area contributed by atoms with Crippen molar-refractivity contribution in [3.05, 3.63) is 83.9 Å². The number of allylic oxidation sites excluding steroid dienone is 3. The molecule has 6 heteroatoms. The zero-order valence-electron chi connectivity index (χ0n) is 15.4. The van der Waals surface area contributed by atoms with Crippen LogP contribution >= 0.6 is 0 Å². The van der Waals surface area contributed by atoms with Crippen LogP contribution in [0.2, 0.25) is 0 Å². The van der Waals surface area contributed by atoms with Crippen LogP contribution in [0.15, 0.2) is 83.9 Å². The average Bonchev–Trinajstić information content (AvgIpc) is 2.69. The van der Waals surface area contributed by atoms with Crippen molar-refractivity contribution in [3.63, 3.8) is 0 Å². The number of hydrogen-bond acceptors (Lipinski definition) is 4. The van der Waals surface area contributed by atoms with Crippen LogP contribution in [0.4, 0.5) is 5.69 Å². The minimum absolute atomic E-state index is 0.268. The summed E-state index contributed by atoms with van der Waals surface area (Å²) in [6.07, 6.45) is 7.63. The lowest BCUT2D eigenvalue weighted by Crippen LogP contribution is -2.16. The summed E-state index contributed by atoms with van der Waals surface area (Å²) in [5.41, 5.74) is 0.956. The van der Waals surface area contributed by atoms with Gasteiger partial charge in [0.25, 0.3) is 10.0 Å². The van der Waals surface area contributed by atoms with Crippen molar-refractivity contribution in [1.82, 2.24) is 4.98 Å². The fourth-order valence-corrected chi connectivity index (χ4v) is 4.17. The molecule has 0 amide bonds. The first kappa shape index (κ1) is 18.3. The Hall–Kier alpha value is -3.12. The molecule has 1 atom stereocenters. The Morgan fingerprint density at radius 3 is 2.64 bits per heavy atom. The van der Waals surface area contributed by atoms with Gasteiger partial charge in [-0.05, 0) is 42.7 Å². The molecule has 2 aromatic carbocycles. The van der Waals surface area contributed by atoms with Crippen LogP contribution < -0.4 is 9.46 Å². The zero-order valence-corrected chi connectivity index (χ0v) is 16.2. The van der Waals surface area contributed by atoms with Gasteiger partial charge in [-0.15, -0.1) is 0 Å². The molecular formula is C22H20N2O3S. The Morgan fingerprint density at radius 2 is 1.89 bits per heavy atom. The van der Waals surface area contributed by atoms with Crippen molar-refractivity contribution in [3.8, 4) is 11.5 Å². The predicted octanol–water partition coefficient (Wildman–Crippen LogP) is 5.25. The largest absolute Gasteiger partial charge is 0.457 e. The van der Waals surface area contributed by atoms with Crippen LogP contribution in [-0.2, 0) is 10.0 Å². The maximum absolute atomic E-state index is 12.9. The van der Waals surface area contributed by atoms with E-state index < -0.39 is 10.0 Å². The molecule has 0 bridgehead atoms. The van der Waals surface area contributed by atoms with Gasteiger partial charge in [-0.2, -0.15) is 0 Å². The van der Waals surface area contributed by atoms with E-state index in [0.29, 0.717) is 35.0 Å². The monoisotopic (exact) mass is 392 g/mol. The van der Waals surface area contributed by atoms with E-state index in [4.69, 9.17) is 4.74 Å². The number of fused-ring (bicyclic) bond motifs is 1. The number of anilines is 1. The molecule has 1 aliphatic carbocycles. The molecule has 0 spiro atoms. The number of ether oxygens (including phenoxy) is 1. The SMILES string of the molecule is CC1C=CC(S(=O)(=O)Nc2cc(Oc3ccccc3)cc3cccnc23)=CC1. The summed E-state index contributed by atoms with van der Waals surface area (Å²) < 4.78 is 34.3. The molecule has 1 aliphatic rings. The lowest BCUT2D eigenvalue weighted by molar-refractivity contribution is 0.483. The van der Waals surface area contributed by atoms with E-state index in [9.17, 15) is 8.42 Å². The number of hydrogen-bond donors (Lipinski definition) is 1. The fourth-order valence-electron chi connectivity index (χ4n) is 3.04. The normalized spacial score (nSPS) is 16.6. The summed E-state index contributed by atoms with van der Waals surface area (Å²) in [5, 5.41) is 0.787. The molecule has 0 radical (unpaired) electrons. The van der Waals surface area contributed by atoms with Gasteiger partial charge in [0.1, 0.15) is 11.5 Å². The Kier molecular flexibility index (Phi) is 4.88. The molecule has 5 nitrogen and oxygen atoms in total. The molecule has 0 fully saturated rings. The van der Waals surface area contributed by atoms with Gasteiger partial charge in [-0.3, -0.25) is 9.71 Å². The van der Waals surface area contributed by atoms with Crippen molar-refractivity contribution < 1.29 is 13.2 Å². The van der Waals surface area contributed by atoms with Crippen LogP contribution in [-0.4, -0.2) is 13.4 Å². The number of nitrogens with zero attached hydrogens (tertiary/aromatic N) is 1. The Bertz CT molecular complexity index is 1170. The molecule has 28 heavy (non-hydrogen) atoms. The summed E-state index contributed by atoms with van der Waals surface area (Å²) in [6, 6.07) is 16.5. The molecule has 1 N–H and O–H groups in total. The minimum atomic E-state index is -3.71. The van der Waals surface area contributed by atoms with E-state index >= 15 is 0 Å². The third-order valence-corrected chi connectivity index (χ3v) is 5.90. The highest BCUT2D eigenvalue weighted by molar-refractivity contribution is 7.96. The number of para-hydroxylation sites is 1. The number of rotatable bonds is 5. The van der Waals surface area contributed by atoms with Crippen LogP contribution in [0.25, 0.3) is 10.9 Å². The summed E-state index contributed by atoms with van der Waals surface area (Å²) >= 11 is 0. The molecule has 3 aromatic rings. The van der Waals surface area contributed by atoms with Crippen molar-refractivity contribution in [2.24, 2.45) is 5.92 Å². The quantitative estimate of drug-likeness (QED) is 0.644. The molecule has 4 rings (SSSR count). The topological polar surface area (TPSA) is 68.3 Å². The zero-order chi connectivity index (χ0) is 19.6. The lowest BCUT2D eigenvalue weighted by Gasteiger charge is -2.16. The average molecular weight is 392 g/mol. The highest BCUT2D eigenvalue weighted by atomic mass is 32.2. The number of sulfonamides is 1. The number of nitrogens with one attached hydrogen (secondary N) is 1. The molecular weight excluding hydrogens is 372 g/mol. The highest BCUT2D eigenvalue weighted by Gasteiger charge is 2.20. The summed E-state index contributed by atoms with van der Waals surface area (Å²) in [5.74, 6) is 1.54. The number of aromatic nitrogens is 1. The van der Waals surface area contributed by atoms with Gasteiger partial charge in [-0.1, -0.05) is 43.3 Å². The third-order valence-electron chi connectivity index (χ3n) is 4.49. The maximum atomic E-state index is 12.9. The van der Waals surface area contributed by atoms with Gasteiger partial charge in [0.05, 0.1) is 16.1 Å². The lowest BCUT2D eigenvalue weighted by atomic mass is 10.0. The van der Waals surface area contributed by atoms with E-state index in [-0.39, 0.29) is 4.91 Å².